The molecule has 1 fully saturated rings. The number of benzene rings is 2. The van der Waals surface area contributed by atoms with Gasteiger partial charge in [0.2, 0.25) is 0 Å². The zero-order chi connectivity index (χ0) is 17.9. The van der Waals surface area contributed by atoms with Gasteiger partial charge in [0.15, 0.2) is 0 Å². The number of carbonyl (C=O) groups excluding carboxylic acids is 1. The SMILES string of the molecule is COC(C(=O)Nc1ccc2nc(-c3ccccc3)[nH]c2c1)C1CCOC1. The van der Waals surface area contributed by atoms with Crippen molar-refractivity contribution in [2.24, 2.45) is 5.92 Å². The van der Waals surface area contributed by atoms with E-state index >= 15 is 0 Å². The number of aromatic nitrogens is 2. The molecule has 1 amide bonds. The first-order valence-corrected chi connectivity index (χ1v) is 8.71. The molecular weight excluding hydrogens is 330 g/mol. The van der Waals surface area contributed by atoms with Crippen LogP contribution in [0.15, 0.2) is 48.5 Å². The maximum Gasteiger partial charge on any atom is 0.253 e. The third-order valence-corrected chi connectivity index (χ3v) is 4.70. The molecule has 1 saturated heterocycles. The van der Waals surface area contributed by atoms with Gasteiger partial charge < -0.3 is 19.8 Å². The number of nitrogens with one attached hydrogen (secondary N) is 2. The number of amides is 1. The van der Waals surface area contributed by atoms with Crippen molar-refractivity contribution >= 4 is 22.6 Å². The summed E-state index contributed by atoms with van der Waals surface area (Å²) in [7, 11) is 1.56. The molecule has 0 bridgehead atoms. The topological polar surface area (TPSA) is 76.2 Å². The number of ether oxygens (including phenoxy) is 2. The van der Waals surface area contributed by atoms with Crippen LogP contribution in [0, 0.1) is 5.92 Å². The Morgan fingerprint density at radius 1 is 1.31 bits per heavy atom. The lowest BCUT2D eigenvalue weighted by atomic mass is 10.0. The standard InChI is InChI=1S/C20H21N3O3/c1-25-18(14-9-10-26-12-14)20(24)21-15-7-8-16-17(11-15)23-19(22-16)13-5-3-2-4-6-13/h2-8,11,14,18H,9-10,12H2,1H3,(H,21,24)(H,22,23). The Labute approximate surface area is 151 Å². The number of nitrogens with zero attached hydrogens (tertiary/aromatic N) is 1. The molecule has 2 unspecified atom stereocenters. The van der Waals surface area contributed by atoms with E-state index in [0.29, 0.717) is 18.9 Å². The highest BCUT2D eigenvalue weighted by molar-refractivity contribution is 5.96. The lowest BCUT2D eigenvalue weighted by molar-refractivity contribution is -0.128. The number of methoxy groups -OCH3 is 1. The number of rotatable bonds is 5. The Hall–Kier alpha value is -2.70. The third-order valence-electron chi connectivity index (χ3n) is 4.70. The lowest BCUT2D eigenvalue weighted by Crippen LogP contribution is -2.36. The van der Waals surface area contributed by atoms with E-state index in [1.807, 2.05) is 48.5 Å². The smallest absolute Gasteiger partial charge is 0.253 e. The average molecular weight is 351 g/mol. The molecule has 6 nitrogen and oxygen atoms in total. The monoisotopic (exact) mass is 351 g/mol. The number of imidazole rings is 1. The highest BCUT2D eigenvalue weighted by Gasteiger charge is 2.31. The zero-order valence-electron chi connectivity index (χ0n) is 14.6. The summed E-state index contributed by atoms with van der Waals surface area (Å²) in [4.78, 5) is 20.5. The van der Waals surface area contributed by atoms with E-state index in [-0.39, 0.29) is 11.8 Å². The molecule has 0 spiro atoms. The van der Waals surface area contributed by atoms with Gasteiger partial charge in [-0.25, -0.2) is 4.98 Å². The van der Waals surface area contributed by atoms with Crippen LogP contribution in [0.3, 0.4) is 0 Å². The van der Waals surface area contributed by atoms with Crippen molar-refractivity contribution in [3.63, 3.8) is 0 Å². The van der Waals surface area contributed by atoms with Crippen LogP contribution in [0.4, 0.5) is 5.69 Å². The fourth-order valence-electron chi connectivity index (χ4n) is 3.34. The summed E-state index contributed by atoms with van der Waals surface area (Å²) < 4.78 is 10.8. The fourth-order valence-corrected chi connectivity index (χ4v) is 3.34. The average Bonchev–Trinajstić information content (AvgIpc) is 3.32. The number of aromatic amines is 1. The largest absolute Gasteiger partial charge is 0.381 e. The van der Waals surface area contributed by atoms with E-state index in [2.05, 4.69) is 15.3 Å². The number of fused-ring (bicyclic) bond motifs is 1. The highest BCUT2D eigenvalue weighted by Crippen LogP contribution is 2.24. The number of hydrogen-bond donors (Lipinski definition) is 2. The maximum absolute atomic E-state index is 12.6. The normalized spacial score (nSPS) is 18.1. The first-order valence-electron chi connectivity index (χ1n) is 8.71. The van der Waals surface area contributed by atoms with Crippen molar-refractivity contribution < 1.29 is 14.3 Å². The second kappa shape index (κ2) is 7.27. The summed E-state index contributed by atoms with van der Waals surface area (Å²) in [5, 5.41) is 2.94. The molecule has 1 aromatic heterocycles. The Bertz CT molecular complexity index is 901. The minimum absolute atomic E-state index is 0.0977. The molecule has 6 heteroatoms. The van der Waals surface area contributed by atoms with Crippen LogP contribution in [-0.2, 0) is 14.3 Å². The van der Waals surface area contributed by atoms with Crippen molar-refractivity contribution in [3.05, 3.63) is 48.5 Å². The predicted molar refractivity (Wildman–Crippen MR) is 99.9 cm³/mol. The summed E-state index contributed by atoms with van der Waals surface area (Å²) in [6.45, 7) is 1.24. The Balaban J connectivity index is 1.54. The van der Waals surface area contributed by atoms with Gasteiger partial charge in [0.05, 0.1) is 17.6 Å². The summed E-state index contributed by atoms with van der Waals surface area (Å²) >= 11 is 0. The van der Waals surface area contributed by atoms with Gasteiger partial charge in [-0.15, -0.1) is 0 Å². The van der Waals surface area contributed by atoms with Crippen LogP contribution >= 0.6 is 0 Å². The van der Waals surface area contributed by atoms with Crippen LogP contribution in [0.1, 0.15) is 6.42 Å². The minimum Gasteiger partial charge on any atom is -0.381 e. The fraction of sp³-hybridized carbons (Fsp3) is 0.300. The minimum atomic E-state index is -0.505. The van der Waals surface area contributed by atoms with E-state index in [1.54, 1.807) is 7.11 Å². The number of H-pyrrole nitrogens is 1. The highest BCUT2D eigenvalue weighted by atomic mass is 16.5. The van der Waals surface area contributed by atoms with Crippen molar-refractivity contribution in [2.45, 2.75) is 12.5 Å². The molecular formula is C20H21N3O3. The molecule has 3 aromatic rings. The molecule has 1 aliphatic heterocycles. The molecule has 2 atom stereocenters. The van der Waals surface area contributed by atoms with E-state index in [9.17, 15) is 4.79 Å². The Morgan fingerprint density at radius 3 is 2.88 bits per heavy atom. The van der Waals surface area contributed by atoms with Crippen LogP contribution in [-0.4, -0.2) is 42.3 Å². The quantitative estimate of drug-likeness (QED) is 0.740. The maximum atomic E-state index is 12.6. The van der Waals surface area contributed by atoms with Crippen molar-refractivity contribution in [1.29, 1.82) is 0 Å². The van der Waals surface area contributed by atoms with Crippen molar-refractivity contribution in [1.82, 2.24) is 9.97 Å². The molecule has 2 aromatic carbocycles. The number of hydrogen-bond acceptors (Lipinski definition) is 4. The first kappa shape index (κ1) is 16.8. The number of anilines is 1. The zero-order valence-corrected chi connectivity index (χ0v) is 14.6. The molecule has 4 rings (SSSR count). The van der Waals surface area contributed by atoms with Gasteiger partial charge in [-0.05, 0) is 24.6 Å². The molecule has 0 saturated carbocycles. The summed E-state index contributed by atoms with van der Waals surface area (Å²) in [5.74, 6) is 0.757. The second-order valence-corrected chi connectivity index (χ2v) is 6.45. The van der Waals surface area contributed by atoms with Crippen LogP contribution < -0.4 is 5.32 Å². The van der Waals surface area contributed by atoms with Gasteiger partial charge in [0.25, 0.3) is 5.91 Å². The predicted octanol–water partition coefficient (Wildman–Crippen LogP) is 3.22. The van der Waals surface area contributed by atoms with E-state index < -0.39 is 6.10 Å². The molecule has 2 heterocycles. The van der Waals surface area contributed by atoms with Gasteiger partial charge in [0.1, 0.15) is 11.9 Å². The van der Waals surface area contributed by atoms with Gasteiger partial charge in [-0.3, -0.25) is 4.79 Å². The second-order valence-electron chi connectivity index (χ2n) is 6.45. The van der Waals surface area contributed by atoms with Crippen LogP contribution in [0.2, 0.25) is 0 Å². The first-order chi connectivity index (χ1) is 12.7. The number of carbonyl (C=O) groups is 1. The van der Waals surface area contributed by atoms with Gasteiger partial charge >= 0.3 is 0 Å². The molecule has 134 valence electrons. The van der Waals surface area contributed by atoms with Gasteiger partial charge in [-0.2, -0.15) is 0 Å². The van der Waals surface area contributed by atoms with Crippen LogP contribution in [0.25, 0.3) is 22.4 Å². The molecule has 0 radical (unpaired) electrons. The lowest BCUT2D eigenvalue weighted by Gasteiger charge is -2.20. The Kier molecular flexibility index (Phi) is 4.69. The summed E-state index contributed by atoms with van der Waals surface area (Å²) in [6.07, 6.45) is 0.334. The molecule has 2 N–H and O–H groups in total. The van der Waals surface area contributed by atoms with Gasteiger partial charge in [0, 0.05) is 30.9 Å². The van der Waals surface area contributed by atoms with Gasteiger partial charge in [-0.1, -0.05) is 30.3 Å². The summed E-state index contributed by atoms with van der Waals surface area (Å²) in [6, 6.07) is 15.6. The molecule has 0 aliphatic carbocycles. The van der Waals surface area contributed by atoms with E-state index in [0.717, 1.165) is 28.8 Å². The third kappa shape index (κ3) is 3.34. The Morgan fingerprint density at radius 2 is 2.15 bits per heavy atom. The van der Waals surface area contributed by atoms with Crippen LogP contribution in [0.5, 0.6) is 0 Å². The summed E-state index contributed by atoms with van der Waals surface area (Å²) in [5.41, 5.74) is 3.47. The van der Waals surface area contributed by atoms with Crippen molar-refractivity contribution in [2.75, 3.05) is 25.6 Å². The van der Waals surface area contributed by atoms with Crippen molar-refractivity contribution in [3.8, 4) is 11.4 Å². The molecule has 1 aliphatic rings. The van der Waals surface area contributed by atoms with E-state index in [1.165, 1.54) is 0 Å². The van der Waals surface area contributed by atoms with E-state index in [4.69, 9.17) is 9.47 Å². The molecule has 26 heavy (non-hydrogen) atoms.